The van der Waals surface area contributed by atoms with Crippen LogP contribution in [0.15, 0.2) is 18.2 Å². The maximum absolute atomic E-state index is 11.4. The topological polar surface area (TPSA) is 58.4 Å². The SMILES string of the molecule is Cc1cccc([N+](=O)[O-])c1N(CC1CC1)CC1CCCN1. The zero-order valence-corrected chi connectivity index (χ0v) is 12.5. The predicted molar refractivity (Wildman–Crippen MR) is 83.8 cm³/mol. The Balaban J connectivity index is 1.88. The van der Waals surface area contributed by atoms with Crippen LogP contribution in [-0.2, 0) is 0 Å². The largest absolute Gasteiger partial charge is 0.364 e. The van der Waals surface area contributed by atoms with Gasteiger partial charge in [-0.2, -0.15) is 0 Å². The molecule has 0 radical (unpaired) electrons. The van der Waals surface area contributed by atoms with E-state index >= 15 is 0 Å². The number of hydrogen-bond donors (Lipinski definition) is 1. The second-order valence-corrected chi connectivity index (χ2v) is 6.34. The lowest BCUT2D eigenvalue weighted by Gasteiger charge is -2.29. The number of nitrogens with one attached hydrogen (secondary N) is 1. The standard InChI is InChI=1S/C16H23N3O2/c1-12-4-2-6-15(19(20)21)16(12)18(10-13-7-8-13)11-14-5-3-9-17-14/h2,4,6,13-14,17H,3,5,7-11H2,1H3. The molecule has 1 aliphatic heterocycles. The van der Waals surface area contributed by atoms with Gasteiger partial charge in [0.2, 0.25) is 0 Å². The molecule has 0 amide bonds. The average molecular weight is 289 g/mol. The Morgan fingerprint density at radius 1 is 1.33 bits per heavy atom. The Morgan fingerprint density at radius 3 is 2.76 bits per heavy atom. The fourth-order valence-corrected chi connectivity index (χ4v) is 3.25. The summed E-state index contributed by atoms with van der Waals surface area (Å²) in [5, 5.41) is 14.9. The zero-order valence-electron chi connectivity index (χ0n) is 12.5. The predicted octanol–water partition coefficient (Wildman–Crippen LogP) is 2.87. The van der Waals surface area contributed by atoms with Crippen molar-refractivity contribution in [1.29, 1.82) is 0 Å². The molecule has 2 aliphatic rings. The minimum absolute atomic E-state index is 0.244. The lowest BCUT2D eigenvalue weighted by atomic mass is 10.1. The molecule has 1 aliphatic carbocycles. The third-order valence-electron chi connectivity index (χ3n) is 4.51. The van der Waals surface area contributed by atoms with E-state index in [0.717, 1.165) is 30.9 Å². The number of nitro benzene ring substituents is 1. The van der Waals surface area contributed by atoms with Gasteiger partial charge in [0.1, 0.15) is 5.69 Å². The maximum Gasteiger partial charge on any atom is 0.292 e. The lowest BCUT2D eigenvalue weighted by Crippen LogP contribution is -2.39. The maximum atomic E-state index is 11.4. The molecule has 1 saturated heterocycles. The Hall–Kier alpha value is -1.62. The van der Waals surface area contributed by atoms with Crippen molar-refractivity contribution in [3.05, 3.63) is 33.9 Å². The van der Waals surface area contributed by atoms with Crippen LogP contribution in [0.2, 0.25) is 0 Å². The van der Waals surface area contributed by atoms with Crippen molar-refractivity contribution in [2.45, 2.75) is 38.6 Å². The number of rotatable bonds is 6. The van der Waals surface area contributed by atoms with E-state index in [4.69, 9.17) is 0 Å². The van der Waals surface area contributed by atoms with Gasteiger partial charge in [-0.25, -0.2) is 0 Å². The summed E-state index contributed by atoms with van der Waals surface area (Å²) in [6.45, 7) is 4.87. The number of para-hydroxylation sites is 1. The Morgan fingerprint density at radius 2 is 2.14 bits per heavy atom. The fraction of sp³-hybridized carbons (Fsp3) is 0.625. The molecule has 1 saturated carbocycles. The minimum atomic E-state index is -0.246. The zero-order chi connectivity index (χ0) is 14.8. The molecular weight excluding hydrogens is 266 g/mol. The summed E-state index contributed by atoms with van der Waals surface area (Å²) in [5.74, 6) is 0.714. The molecule has 1 atom stereocenters. The van der Waals surface area contributed by atoms with Gasteiger partial charge in [0.25, 0.3) is 5.69 Å². The van der Waals surface area contributed by atoms with Crippen LogP contribution in [0.5, 0.6) is 0 Å². The van der Waals surface area contributed by atoms with Gasteiger partial charge in [-0.15, -0.1) is 0 Å². The molecule has 5 heteroatoms. The number of hydrogen-bond acceptors (Lipinski definition) is 4. The molecule has 1 heterocycles. The summed E-state index contributed by atoms with van der Waals surface area (Å²) in [7, 11) is 0. The molecule has 1 aromatic rings. The van der Waals surface area contributed by atoms with Crippen molar-refractivity contribution in [2.24, 2.45) is 5.92 Å². The van der Waals surface area contributed by atoms with Crippen molar-refractivity contribution < 1.29 is 4.92 Å². The van der Waals surface area contributed by atoms with Gasteiger partial charge in [0.05, 0.1) is 4.92 Å². The first-order valence-corrected chi connectivity index (χ1v) is 7.87. The van der Waals surface area contributed by atoms with Gasteiger partial charge in [-0.1, -0.05) is 12.1 Å². The van der Waals surface area contributed by atoms with Crippen LogP contribution >= 0.6 is 0 Å². The molecule has 0 aromatic heterocycles. The van der Waals surface area contributed by atoms with E-state index in [1.54, 1.807) is 12.1 Å². The minimum Gasteiger partial charge on any atom is -0.364 e. The summed E-state index contributed by atoms with van der Waals surface area (Å²) < 4.78 is 0. The van der Waals surface area contributed by atoms with Crippen molar-refractivity contribution in [2.75, 3.05) is 24.5 Å². The van der Waals surface area contributed by atoms with Gasteiger partial charge >= 0.3 is 0 Å². The highest BCUT2D eigenvalue weighted by atomic mass is 16.6. The van der Waals surface area contributed by atoms with E-state index < -0.39 is 0 Å². The molecule has 1 N–H and O–H groups in total. The normalized spacial score (nSPS) is 21.5. The van der Waals surface area contributed by atoms with E-state index in [-0.39, 0.29) is 10.6 Å². The van der Waals surface area contributed by atoms with E-state index in [1.165, 1.54) is 25.7 Å². The third-order valence-corrected chi connectivity index (χ3v) is 4.51. The summed E-state index contributed by atoms with van der Waals surface area (Å²) in [6, 6.07) is 5.84. The lowest BCUT2D eigenvalue weighted by molar-refractivity contribution is -0.384. The van der Waals surface area contributed by atoms with Gasteiger partial charge in [0, 0.05) is 25.2 Å². The van der Waals surface area contributed by atoms with Crippen LogP contribution in [0.1, 0.15) is 31.2 Å². The molecule has 3 rings (SSSR count). The number of nitrogens with zero attached hydrogens (tertiary/aromatic N) is 2. The summed E-state index contributed by atoms with van der Waals surface area (Å²) in [4.78, 5) is 13.4. The fourth-order valence-electron chi connectivity index (χ4n) is 3.25. The van der Waals surface area contributed by atoms with Crippen LogP contribution in [0.4, 0.5) is 11.4 Å². The van der Waals surface area contributed by atoms with Crippen LogP contribution in [0, 0.1) is 23.0 Å². The average Bonchev–Trinajstić information content (AvgIpc) is 3.11. The quantitative estimate of drug-likeness (QED) is 0.646. The van der Waals surface area contributed by atoms with E-state index in [0.29, 0.717) is 12.0 Å². The second kappa shape index (κ2) is 6.02. The highest BCUT2D eigenvalue weighted by molar-refractivity contribution is 5.68. The highest BCUT2D eigenvalue weighted by Crippen LogP contribution is 2.37. The molecule has 5 nitrogen and oxygen atoms in total. The van der Waals surface area contributed by atoms with Crippen LogP contribution in [0.25, 0.3) is 0 Å². The van der Waals surface area contributed by atoms with Crippen molar-refractivity contribution >= 4 is 11.4 Å². The van der Waals surface area contributed by atoms with Crippen molar-refractivity contribution in [3.63, 3.8) is 0 Å². The number of nitro groups is 1. The van der Waals surface area contributed by atoms with E-state index in [2.05, 4.69) is 10.2 Å². The first kappa shape index (κ1) is 14.3. The van der Waals surface area contributed by atoms with Crippen molar-refractivity contribution in [1.82, 2.24) is 5.32 Å². The Kier molecular flexibility index (Phi) is 4.10. The summed E-state index contributed by atoms with van der Waals surface area (Å²) in [6.07, 6.45) is 4.89. The van der Waals surface area contributed by atoms with Crippen LogP contribution in [0.3, 0.4) is 0 Å². The highest BCUT2D eigenvalue weighted by Gasteiger charge is 2.30. The molecule has 114 valence electrons. The van der Waals surface area contributed by atoms with Gasteiger partial charge in [-0.05, 0) is 50.6 Å². The van der Waals surface area contributed by atoms with E-state index in [1.807, 2.05) is 13.0 Å². The summed E-state index contributed by atoms with van der Waals surface area (Å²) >= 11 is 0. The number of anilines is 1. The van der Waals surface area contributed by atoms with Gasteiger partial charge in [0.15, 0.2) is 0 Å². The Bertz CT molecular complexity index is 522. The number of benzene rings is 1. The smallest absolute Gasteiger partial charge is 0.292 e. The van der Waals surface area contributed by atoms with Gasteiger partial charge in [-0.3, -0.25) is 10.1 Å². The first-order valence-electron chi connectivity index (χ1n) is 7.87. The molecule has 0 spiro atoms. The van der Waals surface area contributed by atoms with Crippen LogP contribution in [-0.4, -0.2) is 30.6 Å². The van der Waals surface area contributed by atoms with Gasteiger partial charge < -0.3 is 10.2 Å². The van der Waals surface area contributed by atoms with E-state index in [9.17, 15) is 10.1 Å². The number of aryl methyl sites for hydroxylation is 1. The molecule has 0 bridgehead atoms. The molecule has 2 fully saturated rings. The summed E-state index contributed by atoms with van der Waals surface area (Å²) in [5.41, 5.74) is 2.07. The van der Waals surface area contributed by atoms with Crippen LogP contribution < -0.4 is 10.2 Å². The first-order chi connectivity index (χ1) is 10.1. The molecule has 1 aromatic carbocycles. The molecular formula is C16H23N3O2. The molecule has 1 unspecified atom stereocenters. The molecule has 21 heavy (non-hydrogen) atoms. The monoisotopic (exact) mass is 289 g/mol. The third kappa shape index (κ3) is 3.35. The Labute approximate surface area is 125 Å². The van der Waals surface area contributed by atoms with Crippen molar-refractivity contribution in [3.8, 4) is 0 Å². The second-order valence-electron chi connectivity index (χ2n) is 6.34.